The molecule has 144 valence electrons. The Hall–Kier alpha value is -2.33. The van der Waals surface area contributed by atoms with Gasteiger partial charge in [0.1, 0.15) is 5.75 Å². The van der Waals surface area contributed by atoms with Crippen LogP contribution in [0.15, 0.2) is 42.5 Å². The number of likely N-dealkylation sites (tertiary alicyclic amines) is 1. The van der Waals surface area contributed by atoms with Crippen LogP contribution in [0.25, 0.3) is 0 Å². The third-order valence-electron chi connectivity index (χ3n) is 5.09. The molecule has 0 saturated carbocycles. The lowest BCUT2D eigenvalue weighted by molar-refractivity contribution is -0.117. The van der Waals surface area contributed by atoms with E-state index in [1.54, 1.807) is 0 Å². The van der Waals surface area contributed by atoms with Crippen LogP contribution in [-0.4, -0.2) is 37.0 Å². The summed E-state index contributed by atoms with van der Waals surface area (Å²) in [5.41, 5.74) is 4.26. The quantitative estimate of drug-likeness (QED) is 0.792. The highest BCUT2D eigenvalue weighted by Gasteiger charge is 2.15. The number of rotatable bonds is 7. The summed E-state index contributed by atoms with van der Waals surface area (Å²) in [6, 6.07) is 14.4. The maximum Gasteiger partial charge on any atom is 0.238 e. The number of hydrogen-bond donors (Lipinski definition) is 1. The van der Waals surface area contributed by atoms with E-state index in [4.69, 9.17) is 4.74 Å². The van der Waals surface area contributed by atoms with Crippen molar-refractivity contribution < 1.29 is 9.53 Å². The number of hydrogen-bond acceptors (Lipinski definition) is 3. The molecule has 0 aliphatic carbocycles. The first-order chi connectivity index (χ1) is 13.1. The van der Waals surface area contributed by atoms with Crippen LogP contribution >= 0.6 is 0 Å². The molecule has 0 aromatic heterocycles. The van der Waals surface area contributed by atoms with E-state index in [9.17, 15) is 4.79 Å². The third kappa shape index (κ3) is 5.83. The summed E-state index contributed by atoms with van der Waals surface area (Å²) in [5.74, 6) is 0.927. The average Bonchev–Trinajstić information content (AvgIpc) is 2.66. The number of carbonyl (C=O) groups is 1. The predicted octanol–water partition coefficient (Wildman–Crippen LogP) is 4.35. The second-order valence-electron chi connectivity index (χ2n) is 7.40. The van der Waals surface area contributed by atoms with Gasteiger partial charge in [-0.15, -0.1) is 0 Å². The van der Waals surface area contributed by atoms with E-state index in [0.717, 1.165) is 42.1 Å². The van der Waals surface area contributed by atoms with Gasteiger partial charge in [-0.3, -0.25) is 9.69 Å². The summed E-state index contributed by atoms with van der Waals surface area (Å²) in [6.45, 7) is 7.22. The van der Waals surface area contributed by atoms with E-state index >= 15 is 0 Å². The SMILES string of the molecule is Cc1cc(OCCc2ccccc2)cc(C)c1NC(=O)CN1CCCCC1. The molecule has 1 aliphatic rings. The van der Waals surface area contributed by atoms with E-state index < -0.39 is 0 Å². The van der Waals surface area contributed by atoms with Crippen LogP contribution < -0.4 is 10.1 Å². The fourth-order valence-corrected chi connectivity index (χ4v) is 3.64. The lowest BCUT2D eigenvalue weighted by atomic mass is 10.1. The minimum atomic E-state index is 0.0702. The van der Waals surface area contributed by atoms with Gasteiger partial charge >= 0.3 is 0 Å². The van der Waals surface area contributed by atoms with E-state index in [-0.39, 0.29) is 5.91 Å². The van der Waals surface area contributed by atoms with Crippen molar-refractivity contribution in [1.82, 2.24) is 4.90 Å². The van der Waals surface area contributed by atoms with Crippen LogP contribution in [0.2, 0.25) is 0 Å². The Kier molecular flexibility index (Phi) is 6.88. The van der Waals surface area contributed by atoms with Gasteiger partial charge in [-0.05, 0) is 68.6 Å². The molecule has 27 heavy (non-hydrogen) atoms. The van der Waals surface area contributed by atoms with Crippen LogP contribution in [-0.2, 0) is 11.2 Å². The van der Waals surface area contributed by atoms with Crippen LogP contribution in [0, 0.1) is 13.8 Å². The highest BCUT2D eigenvalue weighted by molar-refractivity contribution is 5.93. The molecule has 1 amide bonds. The second kappa shape index (κ2) is 9.56. The van der Waals surface area contributed by atoms with E-state index in [0.29, 0.717) is 13.2 Å². The Morgan fingerprint density at radius 1 is 1.04 bits per heavy atom. The van der Waals surface area contributed by atoms with Gasteiger partial charge < -0.3 is 10.1 Å². The Labute approximate surface area is 162 Å². The minimum Gasteiger partial charge on any atom is -0.493 e. The number of anilines is 1. The minimum absolute atomic E-state index is 0.0702. The second-order valence-corrected chi connectivity index (χ2v) is 7.40. The maximum atomic E-state index is 12.4. The first-order valence-corrected chi connectivity index (χ1v) is 9.92. The highest BCUT2D eigenvalue weighted by Crippen LogP contribution is 2.26. The predicted molar refractivity (Wildman–Crippen MR) is 110 cm³/mol. The number of aryl methyl sites for hydroxylation is 2. The molecule has 0 radical (unpaired) electrons. The van der Waals surface area contributed by atoms with Crippen molar-refractivity contribution in [2.45, 2.75) is 39.5 Å². The monoisotopic (exact) mass is 366 g/mol. The fourth-order valence-electron chi connectivity index (χ4n) is 3.64. The number of piperidine rings is 1. The van der Waals surface area contributed by atoms with Crippen molar-refractivity contribution in [2.24, 2.45) is 0 Å². The molecule has 2 aromatic rings. The largest absolute Gasteiger partial charge is 0.493 e. The van der Waals surface area contributed by atoms with Gasteiger partial charge in [0.2, 0.25) is 5.91 Å². The number of nitrogens with one attached hydrogen (secondary N) is 1. The molecule has 3 rings (SSSR count). The Morgan fingerprint density at radius 2 is 1.70 bits per heavy atom. The molecule has 1 N–H and O–H groups in total. The summed E-state index contributed by atoms with van der Waals surface area (Å²) in [4.78, 5) is 14.7. The molecular weight excluding hydrogens is 336 g/mol. The van der Waals surface area contributed by atoms with Crippen molar-refractivity contribution in [3.8, 4) is 5.75 Å². The van der Waals surface area contributed by atoms with Crippen LogP contribution in [0.1, 0.15) is 36.0 Å². The molecule has 1 aliphatic heterocycles. The van der Waals surface area contributed by atoms with Gasteiger partial charge in [0.25, 0.3) is 0 Å². The molecule has 0 bridgehead atoms. The van der Waals surface area contributed by atoms with Gasteiger partial charge in [0, 0.05) is 12.1 Å². The topological polar surface area (TPSA) is 41.6 Å². The van der Waals surface area contributed by atoms with Crippen molar-refractivity contribution >= 4 is 11.6 Å². The van der Waals surface area contributed by atoms with Crippen LogP contribution in [0.4, 0.5) is 5.69 Å². The Balaban J connectivity index is 1.54. The summed E-state index contributed by atoms with van der Waals surface area (Å²) in [6.07, 6.45) is 4.55. The third-order valence-corrected chi connectivity index (χ3v) is 5.09. The summed E-state index contributed by atoms with van der Waals surface area (Å²) < 4.78 is 5.93. The zero-order valence-electron chi connectivity index (χ0n) is 16.5. The molecule has 1 fully saturated rings. The zero-order valence-corrected chi connectivity index (χ0v) is 16.5. The molecule has 0 atom stereocenters. The standard InChI is InChI=1S/C23H30N2O2/c1-18-15-21(27-14-11-20-9-5-3-6-10-20)16-19(2)23(18)24-22(26)17-25-12-7-4-8-13-25/h3,5-6,9-10,15-16H,4,7-8,11-14,17H2,1-2H3,(H,24,26). The average molecular weight is 367 g/mol. The summed E-state index contributed by atoms with van der Waals surface area (Å²) in [5, 5.41) is 3.10. The molecule has 2 aromatic carbocycles. The molecule has 0 unspecified atom stereocenters. The fraction of sp³-hybridized carbons (Fsp3) is 0.435. The van der Waals surface area contributed by atoms with Gasteiger partial charge in [0.05, 0.1) is 13.2 Å². The maximum absolute atomic E-state index is 12.4. The number of carbonyl (C=O) groups excluding carboxylic acids is 1. The normalized spacial score (nSPS) is 14.7. The molecular formula is C23H30N2O2. The van der Waals surface area contributed by atoms with Crippen molar-refractivity contribution in [2.75, 3.05) is 31.6 Å². The Bertz CT molecular complexity index is 729. The number of nitrogens with zero attached hydrogens (tertiary/aromatic N) is 1. The Morgan fingerprint density at radius 3 is 2.37 bits per heavy atom. The van der Waals surface area contributed by atoms with Gasteiger partial charge in [0.15, 0.2) is 0 Å². The van der Waals surface area contributed by atoms with E-state index in [2.05, 4.69) is 22.3 Å². The summed E-state index contributed by atoms with van der Waals surface area (Å²) in [7, 11) is 0. The smallest absolute Gasteiger partial charge is 0.238 e. The van der Waals surface area contributed by atoms with Crippen molar-refractivity contribution in [3.05, 3.63) is 59.2 Å². The first-order valence-electron chi connectivity index (χ1n) is 9.92. The molecule has 4 heteroatoms. The number of ether oxygens (including phenoxy) is 1. The number of benzene rings is 2. The van der Waals surface area contributed by atoms with E-state index in [1.807, 2.05) is 44.2 Å². The van der Waals surface area contributed by atoms with E-state index in [1.165, 1.54) is 24.8 Å². The molecule has 1 saturated heterocycles. The van der Waals surface area contributed by atoms with Crippen molar-refractivity contribution in [3.63, 3.8) is 0 Å². The molecule has 0 spiro atoms. The van der Waals surface area contributed by atoms with Crippen LogP contribution in [0.5, 0.6) is 5.75 Å². The zero-order chi connectivity index (χ0) is 19.1. The lowest BCUT2D eigenvalue weighted by Crippen LogP contribution is -2.37. The van der Waals surface area contributed by atoms with Gasteiger partial charge in [-0.25, -0.2) is 0 Å². The summed E-state index contributed by atoms with van der Waals surface area (Å²) >= 11 is 0. The molecule has 4 nitrogen and oxygen atoms in total. The van der Waals surface area contributed by atoms with Gasteiger partial charge in [-0.2, -0.15) is 0 Å². The first kappa shape index (κ1) is 19.4. The van der Waals surface area contributed by atoms with Crippen LogP contribution in [0.3, 0.4) is 0 Å². The molecule has 1 heterocycles. The number of amides is 1. The van der Waals surface area contributed by atoms with Crippen molar-refractivity contribution in [1.29, 1.82) is 0 Å². The van der Waals surface area contributed by atoms with Gasteiger partial charge in [-0.1, -0.05) is 36.8 Å². The lowest BCUT2D eigenvalue weighted by Gasteiger charge is -2.26. The highest BCUT2D eigenvalue weighted by atomic mass is 16.5.